The highest BCUT2D eigenvalue weighted by atomic mass is 32.2. The number of hydrazine groups is 1. The Bertz CT molecular complexity index is 1210. The van der Waals surface area contributed by atoms with Crippen LogP contribution in [0.1, 0.15) is 27.0 Å². The van der Waals surface area contributed by atoms with E-state index in [2.05, 4.69) is 15.4 Å². The Morgan fingerprint density at radius 2 is 1.83 bits per heavy atom. The zero-order valence-corrected chi connectivity index (χ0v) is 16.9. The molecule has 0 bridgehead atoms. The van der Waals surface area contributed by atoms with Gasteiger partial charge in [-0.1, -0.05) is 60.3 Å². The van der Waals surface area contributed by atoms with Gasteiger partial charge in [0.2, 0.25) is 0 Å². The number of carbonyl (C=O) groups is 1. The summed E-state index contributed by atoms with van der Waals surface area (Å²) in [6.45, 7) is 0.507. The molecule has 0 aliphatic carbocycles. The first-order valence-corrected chi connectivity index (χ1v) is 10.6. The number of imidazole rings is 1. The van der Waals surface area contributed by atoms with E-state index >= 15 is 0 Å². The highest BCUT2D eigenvalue weighted by Crippen LogP contribution is 2.24. The standard InChI is InChI=1S/C23H19N5OS/c24-21-18-6-2-1-5-17(18)13-28(21)27-22(29)16-11-9-15(10-12-16)14-30-23-25-19-7-3-4-8-20(19)26-23/h1-12,24H,13-14H2,(H,25,26)(H,27,29). The van der Waals surface area contributed by atoms with Crippen molar-refractivity contribution < 1.29 is 4.79 Å². The first kappa shape index (κ1) is 18.4. The number of rotatable bonds is 5. The number of thioether (sulfide) groups is 1. The van der Waals surface area contributed by atoms with Crippen molar-refractivity contribution in [3.05, 3.63) is 95.1 Å². The van der Waals surface area contributed by atoms with Crippen LogP contribution in [0, 0.1) is 5.41 Å². The molecule has 0 fully saturated rings. The van der Waals surface area contributed by atoms with Gasteiger partial charge in [-0.2, -0.15) is 0 Å². The summed E-state index contributed by atoms with van der Waals surface area (Å²) < 4.78 is 0. The summed E-state index contributed by atoms with van der Waals surface area (Å²) >= 11 is 1.63. The van der Waals surface area contributed by atoms with E-state index in [9.17, 15) is 4.79 Å². The Hall–Kier alpha value is -3.58. The number of aromatic nitrogens is 2. The molecule has 2 heterocycles. The molecule has 3 N–H and O–H groups in total. The molecule has 1 aromatic heterocycles. The van der Waals surface area contributed by atoms with Gasteiger partial charge in [-0.25, -0.2) is 4.98 Å². The molecule has 1 aliphatic rings. The van der Waals surface area contributed by atoms with Crippen molar-refractivity contribution >= 4 is 34.5 Å². The molecule has 6 nitrogen and oxygen atoms in total. The number of benzene rings is 3. The molecule has 148 valence electrons. The first-order valence-electron chi connectivity index (χ1n) is 9.59. The van der Waals surface area contributed by atoms with Crippen molar-refractivity contribution in [1.29, 1.82) is 5.41 Å². The second-order valence-corrected chi connectivity index (χ2v) is 8.04. The fourth-order valence-corrected chi connectivity index (χ4v) is 4.31. The molecule has 5 rings (SSSR count). The van der Waals surface area contributed by atoms with Crippen LogP contribution in [-0.2, 0) is 12.3 Å². The first-order chi connectivity index (χ1) is 14.7. The average molecular weight is 414 g/mol. The van der Waals surface area contributed by atoms with Gasteiger partial charge in [-0.15, -0.1) is 0 Å². The van der Waals surface area contributed by atoms with Crippen LogP contribution in [0.5, 0.6) is 0 Å². The maximum atomic E-state index is 12.6. The van der Waals surface area contributed by atoms with Gasteiger partial charge in [0.15, 0.2) is 5.16 Å². The maximum Gasteiger partial charge on any atom is 0.269 e. The lowest BCUT2D eigenvalue weighted by Gasteiger charge is -2.19. The van der Waals surface area contributed by atoms with Crippen LogP contribution in [0.3, 0.4) is 0 Å². The van der Waals surface area contributed by atoms with Gasteiger partial charge in [0, 0.05) is 16.9 Å². The summed E-state index contributed by atoms with van der Waals surface area (Å²) in [5.74, 6) is 0.857. The van der Waals surface area contributed by atoms with E-state index < -0.39 is 0 Å². The zero-order valence-electron chi connectivity index (χ0n) is 16.1. The van der Waals surface area contributed by atoms with Gasteiger partial charge in [-0.3, -0.25) is 20.6 Å². The molecule has 0 unspecified atom stereocenters. The van der Waals surface area contributed by atoms with Crippen molar-refractivity contribution in [2.75, 3.05) is 0 Å². The number of aromatic amines is 1. The fourth-order valence-electron chi connectivity index (χ4n) is 3.47. The smallest absolute Gasteiger partial charge is 0.269 e. The third-order valence-electron chi connectivity index (χ3n) is 5.07. The third-order valence-corrected chi connectivity index (χ3v) is 6.01. The molecule has 3 aromatic carbocycles. The predicted molar refractivity (Wildman–Crippen MR) is 118 cm³/mol. The lowest BCUT2D eigenvalue weighted by atomic mass is 10.1. The van der Waals surface area contributed by atoms with Gasteiger partial charge >= 0.3 is 0 Å². The summed E-state index contributed by atoms with van der Waals surface area (Å²) in [6, 6.07) is 23.2. The highest BCUT2D eigenvalue weighted by molar-refractivity contribution is 7.98. The lowest BCUT2D eigenvalue weighted by Crippen LogP contribution is -2.42. The lowest BCUT2D eigenvalue weighted by molar-refractivity contribution is 0.0869. The topological polar surface area (TPSA) is 84.9 Å². The van der Waals surface area contributed by atoms with E-state index in [1.807, 2.05) is 72.8 Å². The van der Waals surface area contributed by atoms with E-state index in [0.29, 0.717) is 17.9 Å². The molecule has 30 heavy (non-hydrogen) atoms. The van der Waals surface area contributed by atoms with E-state index in [1.165, 1.54) is 0 Å². The van der Waals surface area contributed by atoms with E-state index in [-0.39, 0.29) is 5.91 Å². The van der Waals surface area contributed by atoms with Gasteiger partial charge < -0.3 is 4.98 Å². The number of amidine groups is 1. The van der Waals surface area contributed by atoms with Crippen LogP contribution in [0.15, 0.2) is 78.0 Å². The summed E-state index contributed by atoms with van der Waals surface area (Å²) in [5, 5.41) is 10.7. The zero-order chi connectivity index (χ0) is 20.5. The molecular weight excluding hydrogens is 394 g/mol. The highest BCUT2D eigenvalue weighted by Gasteiger charge is 2.25. The van der Waals surface area contributed by atoms with Crippen LogP contribution < -0.4 is 5.43 Å². The number of para-hydroxylation sites is 2. The van der Waals surface area contributed by atoms with Crippen molar-refractivity contribution in [2.45, 2.75) is 17.5 Å². The number of hydrogen-bond acceptors (Lipinski definition) is 4. The van der Waals surface area contributed by atoms with Crippen LogP contribution in [0.25, 0.3) is 11.0 Å². The Kier molecular flexibility index (Phi) is 4.72. The molecule has 7 heteroatoms. The fraction of sp³-hybridized carbons (Fsp3) is 0.0870. The van der Waals surface area contributed by atoms with Crippen molar-refractivity contribution in [2.24, 2.45) is 0 Å². The van der Waals surface area contributed by atoms with Crippen molar-refractivity contribution in [3.63, 3.8) is 0 Å². The van der Waals surface area contributed by atoms with Crippen LogP contribution in [0.4, 0.5) is 0 Å². The molecule has 0 saturated carbocycles. The van der Waals surface area contributed by atoms with E-state index in [4.69, 9.17) is 5.41 Å². The summed E-state index contributed by atoms with van der Waals surface area (Å²) in [6.07, 6.45) is 0. The van der Waals surface area contributed by atoms with Gasteiger partial charge in [0.05, 0.1) is 17.6 Å². The number of carbonyl (C=O) groups excluding carboxylic acids is 1. The number of hydrogen-bond donors (Lipinski definition) is 3. The SMILES string of the molecule is N=C1c2ccccc2CN1NC(=O)c1ccc(CSc2nc3ccccc3[nH]2)cc1. The van der Waals surface area contributed by atoms with Gasteiger partial charge in [0.25, 0.3) is 5.91 Å². The Balaban J connectivity index is 1.20. The number of nitrogens with one attached hydrogen (secondary N) is 3. The van der Waals surface area contributed by atoms with Gasteiger partial charge in [0.1, 0.15) is 5.84 Å². The Labute approximate surface area is 177 Å². The van der Waals surface area contributed by atoms with Crippen molar-refractivity contribution in [1.82, 2.24) is 20.4 Å². The molecule has 4 aromatic rings. The molecule has 0 saturated heterocycles. The predicted octanol–water partition coefficient (Wildman–Crippen LogP) is 4.34. The minimum Gasteiger partial charge on any atom is -0.333 e. The third kappa shape index (κ3) is 3.55. The molecule has 1 amide bonds. The molecule has 0 spiro atoms. The number of nitrogens with zero attached hydrogens (tertiary/aromatic N) is 2. The van der Waals surface area contributed by atoms with Gasteiger partial charge in [-0.05, 0) is 35.4 Å². The number of amides is 1. The minimum absolute atomic E-state index is 0.218. The molecular formula is C23H19N5OS. The average Bonchev–Trinajstić information content (AvgIpc) is 3.33. The molecule has 0 radical (unpaired) electrons. The second-order valence-electron chi connectivity index (χ2n) is 7.08. The number of H-pyrrole nitrogens is 1. The van der Waals surface area contributed by atoms with E-state index in [1.54, 1.807) is 16.8 Å². The largest absolute Gasteiger partial charge is 0.333 e. The van der Waals surface area contributed by atoms with E-state index in [0.717, 1.165) is 38.6 Å². The van der Waals surface area contributed by atoms with Crippen LogP contribution >= 0.6 is 11.8 Å². The summed E-state index contributed by atoms with van der Waals surface area (Å²) in [7, 11) is 0. The maximum absolute atomic E-state index is 12.6. The Morgan fingerprint density at radius 3 is 2.63 bits per heavy atom. The molecule has 1 aliphatic heterocycles. The molecule has 0 atom stereocenters. The van der Waals surface area contributed by atoms with Crippen LogP contribution in [-0.4, -0.2) is 26.7 Å². The second kappa shape index (κ2) is 7.68. The Morgan fingerprint density at radius 1 is 1.07 bits per heavy atom. The normalized spacial score (nSPS) is 12.9. The minimum atomic E-state index is -0.218. The van der Waals surface area contributed by atoms with Crippen LogP contribution in [0.2, 0.25) is 0 Å². The number of fused-ring (bicyclic) bond motifs is 2. The summed E-state index contributed by atoms with van der Waals surface area (Å²) in [5.41, 5.74) is 8.40. The van der Waals surface area contributed by atoms with Crippen molar-refractivity contribution in [3.8, 4) is 0 Å². The monoisotopic (exact) mass is 413 g/mol. The quantitative estimate of drug-likeness (QED) is 0.425. The summed E-state index contributed by atoms with van der Waals surface area (Å²) in [4.78, 5) is 20.5.